The molecule has 1 amide bonds. The van der Waals surface area contributed by atoms with Gasteiger partial charge in [0.1, 0.15) is 0 Å². The van der Waals surface area contributed by atoms with Crippen LogP contribution in [0.2, 0.25) is 0 Å². The van der Waals surface area contributed by atoms with Crippen LogP contribution in [0.5, 0.6) is 0 Å². The number of nitrogens with two attached hydrogens (primary N) is 1. The first-order chi connectivity index (χ1) is 12.5. The molecule has 2 unspecified atom stereocenters. The molecule has 27 heavy (non-hydrogen) atoms. The number of anilines is 1. The van der Waals surface area contributed by atoms with Crippen molar-refractivity contribution in [1.82, 2.24) is 10.2 Å². The van der Waals surface area contributed by atoms with Crippen LogP contribution >= 0.6 is 24.0 Å². The molecular formula is C20H34IN5O. The Bertz CT molecular complexity index is 593. The number of carbonyl (C=O) groups is 1. The Morgan fingerprint density at radius 3 is 2.63 bits per heavy atom. The number of para-hydroxylation sites is 1. The summed E-state index contributed by atoms with van der Waals surface area (Å²) in [4.78, 5) is 17.9. The molecule has 2 rings (SSSR count). The molecule has 1 aliphatic heterocycles. The number of piperidine rings is 1. The summed E-state index contributed by atoms with van der Waals surface area (Å²) < 4.78 is 0. The number of carbonyl (C=O) groups excluding carboxylic acids is 1. The van der Waals surface area contributed by atoms with Crippen molar-refractivity contribution in [2.75, 3.05) is 32.0 Å². The standard InChI is InChI=1S/C20H33N5O.HI/c1-15(2)18(24-17-9-5-4-6-10-17)13-23-20(22-3)25-11-7-8-16(14-25)12-19(21)26;/h4-6,9-10,15-16,18,24H,7-8,11-14H2,1-3H3,(H2,21,26)(H,22,23);1H. The first-order valence-electron chi connectivity index (χ1n) is 9.55. The molecule has 0 saturated carbocycles. The summed E-state index contributed by atoms with van der Waals surface area (Å²) in [5, 5.41) is 7.11. The van der Waals surface area contributed by atoms with Crippen LogP contribution in [0.25, 0.3) is 0 Å². The molecule has 0 radical (unpaired) electrons. The number of nitrogens with zero attached hydrogens (tertiary/aromatic N) is 2. The number of hydrogen-bond donors (Lipinski definition) is 3. The number of guanidine groups is 1. The lowest BCUT2D eigenvalue weighted by molar-refractivity contribution is -0.119. The Morgan fingerprint density at radius 1 is 1.33 bits per heavy atom. The average molecular weight is 487 g/mol. The Morgan fingerprint density at radius 2 is 2.04 bits per heavy atom. The minimum absolute atomic E-state index is 0. The number of likely N-dealkylation sites (tertiary alicyclic amines) is 1. The first-order valence-corrected chi connectivity index (χ1v) is 9.55. The van der Waals surface area contributed by atoms with Gasteiger partial charge in [-0.2, -0.15) is 0 Å². The maximum absolute atomic E-state index is 11.2. The predicted molar refractivity (Wildman–Crippen MR) is 124 cm³/mol. The fourth-order valence-electron chi connectivity index (χ4n) is 3.44. The van der Waals surface area contributed by atoms with Crippen molar-refractivity contribution >= 4 is 41.5 Å². The first kappa shape index (κ1) is 23.5. The summed E-state index contributed by atoms with van der Waals surface area (Å²) in [5.41, 5.74) is 6.50. The SMILES string of the molecule is CN=C(NCC(Nc1ccccc1)C(C)C)N1CCCC(CC(N)=O)C1.I. The normalized spacial score (nSPS) is 18.6. The number of hydrogen-bond acceptors (Lipinski definition) is 3. The van der Waals surface area contributed by atoms with Gasteiger partial charge in [-0.05, 0) is 36.8 Å². The zero-order valence-electron chi connectivity index (χ0n) is 16.6. The molecule has 1 aromatic rings. The van der Waals surface area contributed by atoms with Crippen molar-refractivity contribution in [1.29, 1.82) is 0 Å². The molecule has 6 nitrogen and oxygen atoms in total. The second-order valence-electron chi connectivity index (χ2n) is 7.41. The van der Waals surface area contributed by atoms with Gasteiger partial charge in [-0.3, -0.25) is 9.79 Å². The van der Waals surface area contributed by atoms with Crippen molar-refractivity contribution in [2.24, 2.45) is 22.6 Å². The van der Waals surface area contributed by atoms with Crippen molar-refractivity contribution in [3.8, 4) is 0 Å². The molecular weight excluding hydrogens is 453 g/mol. The summed E-state index contributed by atoms with van der Waals surface area (Å²) in [5.74, 6) is 1.49. The van der Waals surface area contributed by atoms with Crippen LogP contribution in [0.3, 0.4) is 0 Å². The molecule has 0 aromatic heterocycles. The van der Waals surface area contributed by atoms with Gasteiger partial charge >= 0.3 is 0 Å². The maximum atomic E-state index is 11.2. The number of primary amides is 1. The molecule has 0 aliphatic carbocycles. The van der Waals surface area contributed by atoms with Crippen LogP contribution in [0.4, 0.5) is 5.69 Å². The predicted octanol–water partition coefficient (Wildman–Crippen LogP) is 2.90. The van der Waals surface area contributed by atoms with Crippen LogP contribution in [-0.4, -0.2) is 49.5 Å². The highest BCUT2D eigenvalue weighted by Gasteiger charge is 2.24. The third-order valence-corrected chi connectivity index (χ3v) is 4.93. The molecule has 7 heteroatoms. The average Bonchev–Trinajstić information content (AvgIpc) is 2.61. The van der Waals surface area contributed by atoms with Gasteiger partial charge in [0.2, 0.25) is 5.91 Å². The molecule has 1 aliphatic rings. The van der Waals surface area contributed by atoms with Gasteiger partial charge in [0.25, 0.3) is 0 Å². The number of amides is 1. The van der Waals surface area contributed by atoms with Gasteiger partial charge in [0, 0.05) is 44.8 Å². The number of benzene rings is 1. The monoisotopic (exact) mass is 487 g/mol. The van der Waals surface area contributed by atoms with E-state index < -0.39 is 0 Å². The maximum Gasteiger partial charge on any atom is 0.217 e. The second-order valence-corrected chi connectivity index (χ2v) is 7.41. The van der Waals surface area contributed by atoms with E-state index in [9.17, 15) is 4.79 Å². The van der Waals surface area contributed by atoms with Gasteiger partial charge in [-0.15, -0.1) is 24.0 Å². The van der Waals surface area contributed by atoms with E-state index in [1.165, 1.54) is 0 Å². The van der Waals surface area contributed by atoms with Crippen LogP contribution in [0.1, 0.15) is 33.1 Å². The third kappa shape index (κ3) is 7.94. The van der Waals surface area contributed by atoms with E-state index in [2.05, 4.69) is 46.5 Å². The number of aliphatic imine (C=N–C) groups is 1. The molecule has 1 saturated heterocycles. The Hall–Kier alpha value is -1.51. The topological polar surface area (TPSA) is 82.8 Å². The van der Waals surface area contributed by atoms with Gasteiger partial charge in [-0.1, -0.05) is 32.0 Å². The molecule has 0 spiro atoms. The molecule has 1 aromatic carbocycles. The summed E-state index contributed by atoms with van der Waals surface area (Å²) in [6.07, 6.45) is 2.58. The van der Waals surface area contributed by atoms with Crippen molar-refractivity contribution < 1.29 is 4.79 Å². The number of nitrogens with one attached hydrogen (secondary N) is 2. The highest BCUT2D eigenvalue weighted by molar-refractivity contribution is 14.0. The molecule has 1 fully saturated rings. The number of rotatable bonds is 7. The van der Waals surface area contributed by atoms with E-state index in [-0.39, 0.29) is 29.9 Å². The molecule has 2 atom stereocenters. The van der Waals surface area contributed by atoms with Crippen molar-refractivity contribution in [3.63, 3.8) is 0 Å². The van der Waals surface area contributed by atoms with Crippen LogP contribution in [-0.2, 0) is 4.79 Å². The zero-order valence-corrected chi connectivity index (χ0v) is 19.0. The van der Waals surface area contributed by atoms with Gasteiger partial charge in [-0.25, -0.2) is 0 Å². The molecule has 4 N–H and O–H groups in total. The molecule has 1 heterocycles. The largest absolute Gasteiger partial charge is 0.380 e. The van der Waals surface area contributed by atoms with E-state index in [0.717, 1.165) is 44.1 Å². The summed E-state index contributed by atoms with van der Waals surface area (Å²) in [7, 11) is 1.81. The minimum atomic E-state index is -0.216. The molecule has 152 valence electrons. The lowest BCUT2D eigenvalue weighted by atomic mass is 9.95. The lowest BCUT2D eigenvalue weighted by Gasteiger charge is -2.35. The Balaban J connectivity index is 0.00000364. The van der Waals surface area contributed by atoms with Crippen molar-refractivity contribution in [3.05, 3.63) is 30.3 Å². The second kappa shape index (κ2) is 12.0. The third-order valence-electron chi connectivity index (χ3n) is 4.93. The highest BCUT2D eigenvalue weighted by Crippen LogP contribution is 2.19. The van der Waals surface area contributed by atoms with E-state index in [4.69, 9.17) is 5.73 Å². The molecule has 0 bridgehead atoms. The van der Waals surface area contributed by atoms with E-state index in [0.29, 0.717) is 24.3 Å². The lowest BCUT2D eigenvalue weighted by Crippen LogP contribution is -2.50. The summed E-state index contributed by atoms with van der Waals surface area (Å²) in [6, 6.07) is 10.6. The number of halogens is 1. The summed E-state index contributed by atoms with van der Waals surface area (Å²) in [6.45, 7) is 7.02. The van der Waals surface area contributed by atoms with E-state index >= 15 is 0 Å². The fraction of sp³-hybridized carbons (Fsp3) is 0.600. The Kier molecular flexibility index (Phi) is 10.5. The Labute approximate surface area is 180 Å². The smallest absolute Gasteiger partial charge is 0.217 e. The van der Waals surface area contributed by atoms with Gasteiger partial charge in [0.05, 0.1) is 0 Å². The van der Waals surface area contributed by atoms with Gasteiger partial charge in [0.15, 0.2) is 5.96 Å². The fourth-order valence-corrected chi connectivity index (χ4v) is 3.44. The van der Waals surface area contributed by atoms with Crippen LogP contribution in [0, 0.1) is 11.8 Å². The van der Waals surface area contributed by atoms with Crippen LogP contribution in [0.15, 0.2) is 35.3 Å². The highest BCUT2D eigenvalue weighted by atomic mass is 127. The van der Waals surface area contributed by atoms with Crippen molar-refractivity contribution in [2.45, 2.75) is 39.2 Å². The minimum Gasteiger partial charge on any atom is -0.380 e. The van der Waals surface area contributed by atoms with Crippen LogP contribution < -0.4 is 16.4 Å². The van der Waals surface area contributed by atoms with E-state index in [1.807, 2.05) is 25.2 Å². The zero-order chi connectivity index (χ0) is 18.9. The quantitative estimate of drug-likeness (QED) is 0.314. The summed E-state index contributed by atoms with van der Waals surface area (Å²) >= 11 is 0. The van der Waals surface area contributed by atoms with E-state index in [1.54, 1.807) is 0 Å². The van der Waals surface area contributed by atoms with Gasteiger partial charge < -0.3 is 21.3 Å².